The minimum absolute atomic E-state index is 0.0143. The van der Waals surface area contributed by atoms with E-state index < -0.39 is 0 Å². The average Bonchev–Trinajstić information content (AvgIpc) is 3.31. The molecule has 4 rings (SSSR count). The van der Waals surface area contributed by atoms with Crippen LogP contribution >= 0.6 is 22.7 Å². The smallest absolute Gasteiger partial charge is 0.258 e. The number of ether oxygens (including phenoxy) is 1. The molecule has 148 valence electrons. The number of hydrogen-bond donors (Lipinski definition) is 2. The molecule has 0 spiro atoms. The van der Waals surface area contributed by atoms with Gasteiger partial charge in [0.25, 0.3) is 5.91 Å². The SMILES string of the molecule is Cc1nc2c(cc(OCC(=O)NCC(=O)NC3CCCCC3)c3ccsc32)s1. The molecule has 3 aromatic rings. The lowest BCUT2D eigenvalue weighted by Crippen LogP contribution is -2.43. The molecule has 0 bridgehead atoms. The van der Waals surface area contributed by atoms with E-state index in [0.29, 0.717) is 5.75 Å². The summed E-state index contributed by atoms with van der Waals surface area (Å²) in [6.45, 7) is 1.85. The van der Waals surface area contributed by atoms with Crippen LogP contribution in [-0.2, 0) is 9.59 Å². The monoisotopic (exact) mass is 417 g/mol. The van der Waals surface area contributed by atoms with E-state index in [1.54, 1.807) is 22.7 Å². The van der Waals surface area contributed by atoms with Crippen molar-refractivity contribution in [1.29, 1.82) is 0 Å². The van der Waals surface area contributed by atoms with Crippen LogP contribution in [0.3, 0.4) is 0 Å². The number of fused-ring (bicyclic) bond motifs is 3. The summed E-state index contributed by atoms with van der Waals surface area (Å²) in [5.74, 6) is 0.235. The van der Waals surface area contributed by atoms with E-state index in [-0.39, 0.29) is 31.0 Å². The van der Waals surface area contributed by atoms with Crippen molar-refractivity contribution in [2.45, 2.75) is 45.1 Å². The Hall–Kier alpha value is -2.19. The van der Waals surface area contributed by atoms with Gasteiger partial charge in [-0.25, -0.2) is 4.98 Å². The van der Waals surface area contributed by atoms with Crippen LogP contribution in [0.15, 0.2) is 17.5 Å². The first kappa shape index (κ1) is 19.1. The second kappa shape index (κ2) is 8.45. The van der Waals surface area contributed by atoms with Gasteiger partial charge in [-0.3, -0.25) is 9.59 Å². The minimum atomic E-state index is -0.303. The molecule has 6 nitrogen and oxygen atoms in total. The molecule has 2 heterocycles. The molecule has 0 unspecified atom stereocenters. The van der Waals surface area contributed by atoms with Crippen molar-refractivity contribution in [3.63, 3.8) is 0 Å². The molecule has 28 heavy (non-hydrogen) atoms. The molecule has 0 atom stereocenters. The number of rotatable bonds is 6. The highest BCUT2D eigenvalue weighted by Gasteiger charge is 2.17. The summed E-state index contributed by atoms with van der Waals surface area (Å²) in [5, 5.41) is 9.60. The fourth-order valence-corrected chi connectivity index (χ4v) is 5.44. The topological polar surface area (TPSA) is 80.3 Å². The first-order valence-electron chi connectivity index (χ1n) is 9.56. The maximum Gasteiger partial charge on any atom is 0.258 e. The number of nitrogens with zero attached hydrogens (tertiary/aromatic N) is 1. The van der Waals surface area contributed by atoms with Crippen LogP contribution in [0, 0.1) is 6.92 Å². The number of thiazole rings is 1. The van der Waals surface area contributed by atoms with E-state index in [2.05, 4.69) is 15.6 Å². The lowest BCUT2D eigenvalue weighted by molar-refractivity contribution is -0.127. The van der Waals surface area contributed by atoms with Crippen molar-refractivity contribution in [1.82, 2.24) is 15.6 Å². The van der Waals surface area contributed by atoms with Crippen molar-refractivity contribution in [2.75, 3.05) is 13.2 Å². The van der Waals surface area contributed by atoms with E-state index in [1.807, 2.05) is 24.4 Å². The van der Waals surface area contributed by atoms with Crippen LogP contribution in [0.2, 0.25) is 0 Å². The summed E-state index contributed by atoms with van der Waals surface area (Å²) < 4.78 is 7.90. The molecule has 1 aliphatic rings. The average molecular weight is 418 g/mol. The van der Waals surface area contributed by atoms with Gasteiger partial charge in [0, 0.05) is 17.5 Å². The van der Waals surface area contributed by atoms with Gasteiger partial charge >= 0.3 is 0 Å². The number of benzene rings is 1. The minimum Gasteiger partial charge on any atom is -0.483 e. The van der Waals surface area contributed by atoms with Gasteiger partial charge in [-0.15, -0.1) is 22.7 Å². The fraction of sp³-hybridized carbons (Fsp3) is 0.450. The summed E-state index contributed by atoms with van der Waals surface area (Å²) >= 11 is 3.23. The van der Waals surface area contributed by atoms with Gasteiger partial charge in [0.15, 0.2) is 6.61 Å². The highest BCUT2D eigenvalue weighted by atomic mass is 32.1. The molecule has 1 aromatic carbocycles. The normalized spacial score (nSPS) is 15.0. The Morgan fingerprint density at radius 2 is 2.07 bits per heavy atom. The van der Waals surface area contributed by atoms with Crippen LogP contribution in [0.5, 0.6) is 5.75 Å². The zero-order valence-electron chi connectivity index (χ0n) is 15.7. The molecule has 1 fully saturated rings. The van der Waals surface area contributed by atoms with Gasteiger partial charge in [0.1, 0.15) is 5.75 Å². The van der Waals surface area contributed by atoms with Gasteiger partial charge in [-0.2, -0.15) is 0 Å². The van der Waals surface area contributed by atoms with E-state index in [0.717, 1.165) is 51.0 Å². The summed E-state index contributed by atoms with van der Waals surface area (Å²) in [6.07, 6.45) is 5.61. The van der Waals surface area contributed by atoms with Crippen LogP contribution in [0.4, 0.5) is 0 Å². The van der Waals surface area contributed by atoms with Gasteiger partial charge < -0.3 is 15.4 Å². The number of carbonyl (C=O) groups is 2. The molecule has 2 aromatic heterocycles. The van der Waals surface area contributed by atoms with Crippen LogP contribution in [0.1, 0.15) is 37.1 Å². The molecule has 1 aliphatic carbocycles. The lowest BCUT2D eigenvalue weighted by atomic mass is 9.95. The summed E-state index contributed by atoms with van der Waals surface area (Å²) in [6, 6.07) is 4.17. The Labute approximate surface area is 171 Å². The predicted octanol–water partition coefficient (Wildman–Crippen LogP) is 3.76. The van der Waals surface area contributed by atoms with Crippen LogP contribution in [0.25, 0.3) is 20.3 Å². The van der Waals surface area contributed by atoms with E-state index in [9.17, 15) is 9.59 Å². The van der Waals surface area contributed by atoms with E-state index >= 15 is 0 Å². The second-order valence-electron chi connectivity index (χ2n) is 7.09. The van der Waals surface area contributed by atoms with Crippen molar-refractivity contribution in [3.05, 3.63) is 22.5 Å². The third-order valence-electron chi connectivity index (χ3n) is 4.94. The van der Waals surface area contributed by atoms with Gasteiger partial charge in [0.2, 0.25) is 5.91 Å². The molecule has 2 amide bonds. The number of thiophene rings is 1. The van der Waals surface area contributed by atoms with Crippen LogP contribution < -0.4 is 15.4 Å². The number of nitrogens with one attached hydrogen (secondary N) is 2. The van der Waals surface area contributed by atoms with E-state index in [1.165, 1.54) is 6.42 Å². The molecule has 0 aliphatic heterocycles. The number of carbonyl (C=O) groups excluding carboxylic acids is 2. The lowest BCUT2D eigenvalue weighted by Gasteiger charge is -2.22. The third-order valence-corrected chi connectivity index (χ3v) is 6.78. The van der Waals surface area contributed by atoms with Crippen molar-refractivity contribution >= 4 is 54.8 Å². The predicted molar refractivity (Wildman–Crippen MR) is 113 cm³/mol. The largest absolute Gasteiger partial charge is 0.483 e. The van der Waals surface area contributed by atoms with Gasteiger partial charge in [0.05, 0.1) is 26.5 Å². The summed E-state index contributed by atoms with van der Waals surface area (Å²) in [7, 11) is 0. The number of amides is 2. The third kappa shape index (κ3) is 4.28. The highest BCUT2D eigenvalue weighted by molar-refractivity contribution is 7.21. The molecule has 0 saturated heterocycles. The standard InChI is InChI=1S/C20H23N3O3S2/c1-12-22-19-16(28-12)9-15(14-7-8-27-20(14)19)26-11-18(25)21-10-17(24)23-13-5-3-2-4-6-13/h7-9,13H,2-6,10-11H2,1H3,(H,21,25)(H,23,24). The Bertz CT molecular complexity index is 1000. The van der Waals surface area contributed by atoms with Crippen molar-refractivity contribution < 1.29 is 14.3 Å². The van der Waals surface area contributed by atoms with Crippen molar-refractivity contribution in [2.24, 2.45) is 0 Å². The first-order chi connectivity index (χ1) is 13.6. The summed E-state index contributed by atoms with van der Waals surface area (Å²) in [5.41, 5.74) is 0.990. The Balaban J connectivity index is 1.33. The fourth-order valence-electron chi connectivity index (χ4n) is 3.61. The second-order valence-corrected chi connectivity index (χ2v) is 9.24. The molecule has 1 saturated carbocycles. The Kier molecular flexibility index (Phi) is 5.77. The number of hydrogen-bond acceptors (Lipinski definition) is 6. The first-order valence-corrected chi connectivity index (χ1v) is 11.3. The molecule has 0 radical (unpaired) electrons. The van der Waals surface area contributed by atoms with Gasteiger partial charge in [-0.05, 0) is 31.2 Å². The zero-order valence-corrected chi connectivity index (χ0v) is 17.4. The Morgan fingerprint density at radius 3 is 2.89 bits per heavy atom. The maximum atomic E-state index is 12.1. The van der Waals surface area contributed by atoms with E-state index in [4.69, 9.17) is 4.74 Å². The number of aryl methyl sites for hydroxylation is 1. The maximum absolute atomic E-state index is 12.1. The molecular weight excluding hydrogens is 394 g/mol. The quantitative estimate of drug-likeness (QED) is 0.640. The van der Waals surface area contributed by atoms with Gasteiger partial charge in [-0.1, -0.05) is 19.3 Å². The Morgan fingerprint density at radius 1 is 1.25 bits per heavy atom. The molecule has 2 N–H and O–H groups in total. The number of aromatic nitrogens is 1. The molecular formula is C20H23N3O3S2. The molecule has 8 heteroatoms. The van der Waals surface area contributed by atoms with Crippen LogP contribution in [-0.4, -0.2) is 36.0 Å². The summed E-state index contributed by atoms with van der Waals surface area (Å²) in [4.78, 5) is 28.7. The zero-order chi connectivity index (χ0) is 19.5. The highest BCUT2D eigenvalue weighted by Crippen LogP contribution is 2.38. The van der Waals surface area contributed by atoms with Crippen molar-refractivity contribution in [3.8, 4) is 5.75 Å².